The summed E-state index contributed by atoms with van der Waals surface area (Å²) in [5.74, 6) is -0.147. The van der Waals surface area contributed by atoms with Crippen LogP contribution in [0.4, 0.5) is 17.2 Å². The lowest BCUT2D eigenvalue weighted by Gasteiger charge is -2.23. The standard InChI is InChI=1S/C29H29N5O2.ClH/c1-33-17-6-18-34(20-19-33)23-14-11-22(12-15-23)28(35)31-26-10-5-3-8-24(26)29(36)32-27-16-13-21-7-2-4-9-25(21)30-27;/h2-5,7-16H,6,17-20H2,1H3,(H,31,35)(H,30,32,36);1H. The van der Waals surface area contributed by atoms with Gasteiger partial charge in [-0.1, -0.05) is 30.3 Å². The van der Waals surface area contributed by atoms with Crippen LogP contribution in [0.5, 0.6) is 0 Å². The predicted octanol–water partition coefficient (Wildman–Crippen LogP) is 5.30. The summed E-state index contributed by atoms with van der Waals surface area (Å²) >= 11 is 0. The molecule has 2 amide bonds. The lowest BCUT2D eigenvalue weighted by atomic mass is 10.1. The van der Waals surface area contributed by atoms with Crippen LogP contribution in [0.2, 0.25) is 0 Å². The number of pyridine rings is 1. The average molecular weight is 516 g/mol. The number of fused-ring (bicyclic) bond motifs is 1. The van der Waals surface area contributed by atoms with E-state index in [1.165, 1.54) is 0 Å². The molecule has 2 N–H and O–H groups in total. The van der Waals surface area contributed by atoms with E-state index in [4.69, 9.17) is 0 Å². The summed E-state index contributed by atoms with van der Waals surface area (Å²) in [6.45, 7) is 4.09. The number of nitrogens with zero attached hydrogens (tertiary/aromatic N) is 3. The first kappa shape index (κ1) is 26.1. The van der Waals surface area contributed by atoms with E-state index in [0.29, 0.717) is 22.6 Å². The summed E-state index contributed by atoms with van der Waals surface area (Å²) < 4.78 is 0. The molecule has 5 rings (SSSR count). The van der Waals surface area contributed by atoms with Crippen molar-refractivity contribution in [3.05, 3.63) is 96.1 Å². The minimum Gasteiger partial charge on any atom is -0.370 e. The number of carbonyl (C=O) groups is 2. The first-order chi connectivity index (χ1) is 17.6. The number of hydrogen-bond donors (Lipinski definition) is 2. The Morgan fingerprint density at radius 2 is 1.51 bits per heavy atom. The topological polar surface area (TPSA) is 77.6 Å². The highest BCUT2D eigenvalue weighted by Crippen LogP contribution is 2.21. The average Bonchev–Trinajstić information content (AvgIpc) is 3.13. The van der Waals surface area contributed by atoms with E-state index in [-0.39, 0.29) is 24.2 Å². The molecule has 0 spiro atoms. The van der Waals surface area contributed by atoms with Crippen LogP contribution in [0.1, 0.15) is 27.1 Å². The smallest absolute Gasteiger partial charge is 0.258 e. The van der Waals surface area contributed by atoms with Crippen molar-refractivity contribution in [3.8, 4) is 0 Å². The van der Waals surface area contributed by atoms with E-state index in [1.807, 2.05) is 54.6 Å². The molecule has 0 radical (unpaired) electrons. The van der Waals surface area contributed by atoms with Gasteiger partial charge in [0.2, 0.25) is 0 Å². The van der Waals surface area contributed by atoms with Crippen LogP contribution in [0.15, 0.2) is 84.9 Å². The van der Waals surface area contributed by atoms with E-state index in [9.17, 15) is 9.59 Å². The van der Waals surface area contributed by atoms with Gasteiger partial charge < -0.3 is 20.4 Å². The number of amides is 2. The second kappa shape index (κ2) is 11.9. The van der Waals surface area contributed by atoms with Crippen molar-refractivity contribution in [1.29, 1.82) is 0 Å². The zero-order valence-electron chi connectivity index (χ0n) is 20.7. The van der Waals surface area contributed by atoms with Crippen molar-refractivity contribution >= 4 is 52.3 Å². The van der Waals surface area contributed by atoms with Crippen LogP contribution in [0.25, 0.3) is 10.9 Å². The Morgan fingerprint density at radius 3 is 2.35 bits per heavy atom. The Balaban J connectivity index is 0.00000320. The molecule has 1 saturated heterocycles. The molecular formula is C29H30ClN5O2. The fourth-order valence-electron chi connectivity index (χ4n) is 4.43. The molecule has 3 aromatic carbocycles. The quantitative estimate of drug-likeness (QED) is 0.377. The normalized spacial score (nSPS) is 13.9. The maximum Gasteiger partial charge on any atom is 0.258 e. The van der Waals surface area contributed by atoms with Crippen molar-refractivity contribution in [2.45, 2.75) is 6.42 Å². The number of nitrogens with one attached hydrogen (secondary N) is 2. The fourth-order valence-corrected chi connectivity index (χ4v) is 4.43. The van der Waals surface area contributed by atoms with Crippen molar-refractivity contribution < 1.29 is 9.59 Å². The van der Waals surface area contributed by atoms with Gasteiger partial charge in [0.05, 0.1) is 16.8 Å². The minimum atomic E-state index is -0.338. The second-order valence-corrected chi connectivity index (χ2v) is 9.03. The number of para-hydroxylation sites is 2. The van der Waals surface area contributed by atoms with Crippen LogP contribution < -0.4 is 15.5 Å². The van der Waals surface area contributed by atoms with Gasteiger partial charge in [0.15, 0.2) is 0 Å². The van der Waals surface area contributed by atoms with Crippen molar-refractivity contribution in [2.24, 2.45) is 0 Å². The number of anilines is 3. The summed E-state index contributed by atoms with van der Waals surface area (Å²) in [6.07, 6.45) is 1.12. The van der Waals surface area contributed by atoms with Crippen LogP contribution >= 0.6 is 12.4 Å². The van der Waals surface area contributed by atoms with Gasteiger partial charge >= 0.3 is 0 Å². The van der Waals surface area contributed by atoms with Crippen molar-refractivity contribution in [2.75, 3.05) is 48.8 Å². The van der Waals surface area contributed by atoms with E-state index in [2.05, 4.69) is 32.5 Å². The molecular weight excluding hydrogens is 486 g/mol. The van der Waals surface area contributed by atoms with Gasteiger partial charge in [-0.05, 0) is 74.6 Å². The van der Waals surface area contributed by atoms with E-state index in [1.54, 1.807) is 30.3 Å². The van der Waals surface area contributed by atoms with Gasteiger partial charge in [-0.2, -0.15) is 0 Å². The molecule has 0 saturated carbocycles. The number of carbonyl (C=O) groups excluding carboxylic acids is 2. The highest BCUT2D eigenvalue weighted by Gasteiger charge is 2.16. The Morgan fingerprint density at radius 1 is 0.757 bits per heavy atom. The summed E-state index contributed by atoms with van der Waals surface area (Å²) in [5, 5.41) is 6.74. The molecule has 1 aliphatic heterocycles. The molecule has 2 heterocycles. The molecule has 8 heteroatoms. The summed E-state index contributed by atoms with van der Waals surface area (Å²) in [4.78, 5) is 35.3. The van der Waals surface area contributed by atoms with Gasteiger partial charge in [0.25, 0.3) is 11.8 Å². The van der Waals surface area contributed by atoms with Crippen LogP contribution in [0.3, 0.4) is 0 Å². The van der Waals surface area contributed by atoms with Crippen LogP contribution in [-0.2, 0) is 0 Å². The van der Waals surface area contributed by atoms with Gasteiger partial charge in [-0.15, -0.1) is 12.4 Å². The summed E-state index contributed by atoms with van der Waals surface area (Å²) in [7, 11) is 2.15. The number of benzene rings is 3. The third-order valence-corrected chi connectivity index (χ3v) is 6.47. The molecule has 1 aliphatic rings. The van der Waals surface area contributed by atoms with Gasteiger partial charge in [0, 0.05) is 36.3 Å². The Hall–Kier alpha value is -3.94. The Kier molecular flexibility index (Phi) is 8.38. The first-order valence-electron chi connectivity index (χ1n) is 12.2. The third kappa shape index (κ3) is 6.25. The monoisotopic (exact) mass is 515 g/mol. The molecule has 0 atom stereocenters. The van der Waals surface area contributed by atoms with E-state index >= 15 is 0 Å². The SMILES string of the molecule is CN1CCCN(c2ccc(C(=O)Nc3ccccc3C(=O)Nc3ccc4ccccc4n3)cc2)CC1.Cl. The lowest BCUT2D eigenvalue weighted by molar-refractivity contribution is 0.102. The largest absolute Gasteiger partial charge is 0.370 e. The third-order valence-electron chi connectivity index (χ3n) is 6.47. The lowest BCUT2D eigenvalue weighted by Crippen LogP contribution is -2.28. The Bertz CT molecular complexity index is 1390. The highest BCUT2D eigenvalue weighted by molar-refractivity contribution is 6.12. The molecule has 190 valence electrons. The number of likely N-dealkylation sites (N-methyl/N-ethyl adjacent to an activating group) is 1. The molecule has 0 bridgehead atoms. The van der Waals surface area contributed by atoms with Crippen LogP contribution in [-0.4, -0.2) is 54.9 Å². The molecule has 1 fully saturated rings. The molecule has 0 aliphatic carbocycles. The number of rotatable bonds is 5. The highest BCUT2D eigenvalue weighted by atomic mass is 35.5. The zero-order chi connectivity index (χ0) is 24.9. The molecule has 37 heavy (non-hydrogen) atoms. The van der Waals surface area contributed by atoms with Gasteiger partial charge in [-0.25, -0.2) is 4.98 Å². The number of hydrogen-bond acceptors (Lipinski definition) is 5. The number of aromatic nitrogens is 1. The zero-order valence-corrected chi connectivity index (χ0v) is 21.5. The van der Waals surface area contributed by atoms with E-state index < -0.39 is 0 Å². The molecule has 4 aromatic rings. The summed E-state index contributed by atoms with van der Waals surface area (Å²) in [6, 6.07) is 26.0. The van der Waals surface area contributed by atoms with Gasteiger partial charge in [-0.3, -0.25) is 9.59 Å². The van der Waals surface area contributed by atoms with Gasteiger partial charge in [0.1, 0.15) is 5.82 Å². The summed E-state index contributed by atoms with van der Waals surface area (Å²) in [5.41, 5.74) is 3.26. The fraction of sp³-hybridized carbons (Fsp3) is 0.207. The maximum absolute atomic E-state index is 13.0. The van der Waals surface area contributed by atoms with E-state index in [0.717, 1.165) is 49.2 Å². The second-order valence-electron chi connectivity index (χ2n) is 9.03. The van der Waals surface area contributed by atoms with Crippen LogP contribution in [0, 0.1) is 0 Å². The van der Waals surface area contributed by atoms with Crippen molar-refractivity contribution in [3.63, 3.8) is 0 Å². The first-order valence-corrected chi connectivity index (χ1v) is 12.2. The maximum atomic E-state index is 13.0. The molecule has 0 unspecified atom stereocenters. The number of halogens is 1. The Labute approximate surface area is 222 Å². The molecule has 7 nitrogen and oxygen atoms in total. The predicted molar refractivity (Wildman–Crippen MR) is 152 cm³/mol. The minimum absolute atomic E-state index is 0. The molecule has 1 aromatic heterocycles. The van der Waals surface area contributed by atoms with Crippen molar-refractivity contribution in [1.82, 2.24) is 9.88 Å².